The Morgan fingerprint density at radius 1 is 0.349 bits per heavy atom. The molecule has 13 heteroatoms. The number of thiophene rings is 4. The van der Waals surface area contributed by atoms with E-state index in [1.807, 2.05) is 12.1 Å². The minimum atomic E-state index is -2.22. The monoisotopic (exact) mass is 672 g/mol. The highest BCUT2D eigenvalue weighted by Gasteiger charge is 2.28. The third-order valence-corrected chi connectivity index (χ3v) is 11.5. The Labute approximate surface area is 253 Å². The standard InChI is InChI=1S/C30H13F9S4/c1-2-11-22(31)20(24(33)27(36)23(11)32)18-9-7-16(42-18)14-5-3-12(40-14)13-4-6-15(41-13)17-8-10-19(43-17)21-25(34)28(37)30(39)29(38)26(21)35/h3-10H,2H2,1H3. The van der Waals surface area contributed by atoms with Gasteiger partial charge in [-0.15, -0.1) is 45.3 Å². The van der Waals surface area contributed by atoms with Gasteiger partial charge in [0.25, 0.3) is 0 Å². The topological polar surface area (TPSA) is 0 Å². The van der Waals surface area contributed by atoms with Gasteiger partial charge in [0, 0.05) is 44.6 Å². The van der Waals surface area contributed by atoms with Gasteiger partial charge in [-0.05, 0) is 55.0 Å². The summed E-state index contributed by atoms with van der Waals surface area (Å²) in [5.41, 5.74) is -2.13. The molecular weight excluding hydrogens is 660 g/mol. The van der Waals surface area contributed by atoms with Crippen molar-refractivity contribution in [2.24, 2.45) is 0 Å². The van der Waals surface area contributed by atoms with Gasteiger partial charge in [-0.25, -0.2) is 39.5 Å². The predicted octanol–water partition coefficient (Wildman–Crippen LogP) is 12.1. The molecule has 0 spiro atoms. The molecule has 0 radical (unpaired) electrons. The Bertz CT molecular complexity index is 2000. The summed E-state index contributed by atoms with van der Waals surface area (Å²) in [4.78, 5) is 4.28. The van der Waals surface area contributed by atoms with Crippen LogP contribution < -0.4 is 0 Å². The maximum absolute atomic E-state index is 14.9. The highest BCUT2D eigenvalue weighted by molar-refractivity contribution is 7.29. The summed E-state index contributed by atoms with van der Waals surface area (Å²) in [7, 11) is 0. The molecule has 0 saturated heterocycles. The summed E-state index contributed by atoms with van der Waals surface area (Å²) in [6.45, 7) is 1.44. The molecule has 2 aromatic carbocycles. The van der Waals surface area contributed by atoms with Crippen molar-refractivity contribution in [3.05, 3.63) is 106 Å². The predicted molar refractivity (Wildman–Crippen MR) is 154 cm³/mol. The van der Waals surface area contributed by atoms with Crippen molar-refractivity contribution in [3.63, 3.8) is 0 Å². The molecule has 0 bridgehead atoms. The van der Waals surface area contributed by atoms with Crippen LogP contribution in [-0.2, 0) is 6.42 Å². The second-order valence-corrected chi connectivity index (χ2v) is 13.4. The average molecular weight is 673 g/mol. The number of rotatable bonds is 6. The van der Waals surface area contributed by atoms with Crippen LogP contribution in [0.15, 0.2) is 48.5 Å². The zero-order chi connectivity index (χ0) is 30.7. The van der Waals surface area contributed by atoms with Crippen LogP contribution >= 0.6 is 45.3 Å². The third kappa shape index (κ3) is 4.91. The van der Waals surface area contributed by atoms with Crippen LogP contribution in [0.25, 0.3) is 50.1 Å². The Hall–Kier alpha value is -3.39. The molecule has 0 atom stereocenters. The van der Waals surface area contributed by atoms with E-state index in [0.717, 1.165) is 37.3 Å². The van der Waals surface area contributed by atoms with Gasteiger partial charge in [0.15, 0.2) is 40.7 Å². The first-order valence-corrected chi connectivity index (χ1v) is 15.6. The second kappa shape index (κ2) is 11.3. The zero-order valence-electron chi connectivity index (χ0n) is 21.4. The lowest BCUT2D eigenvalue weighted by Gasteiger charge is -2.09. The Morgan fingerprint density at radius 3 is 0.953 bits per heavy atom. The highest BCUT2D eigenvalue weighted by Crippen LogP contribution is 2.46. The fourth-order valence-electron chi connectivity index (χ4n) is 4.44. The van der Waals surface area contributed by atoms with Gasteiger partial charge in [0.05, 0.1) is 11.1 Å². The van der Waals surface area contributed by atoms with Crippen molar-refractivity contribution >= 4 is 45.3 Å². The van der Waals surface area contributed by atoms with E-state index in [-0.39, 0.29) is 16.2 Å². The molecule has 220 valence electrons. The maximum atomic E-state index is 14.9. The molecule has 4 heterocycles. The van der Waals surface area contributed by atoms with E-state index < -0.39 is 69.0 Å². The summed E-state index contributed by atoms with van der Waals surface area (Å²) in [6, 6.07) is 13.1. The molecule has 0 unspecified atom stereocenters. The van der Waals surface area contributed by atoms with Crippen molar-refractivity contribution in [2.45, 2.75) is 13.3 Å². The highest BCUT2D eigenvalue weighted by atomic mass is 32.1. The number of benzene rings is 2. The van der Waals surface area contributed by atoms with Crippen LogP contribution in [0.2, 0.25) is 0 Å². The fraction of sp³-hybridized carbons (Fsp3) is 0.0667. The van der Waals surface area contributed by atoms with E-state index >= 15 is 0 Å². The molecule has 6 rings (SSSR count). The molecule has 0 amide bonds. The van der Waals surface area contributed by atoms with Crippen molar-refractivity contribution in [1.29, 1.82) is 0 Å². The van der Waals surface area contributed by atoms with Gasteiger partial charge in [-0.2, -0.15) is 0 Å². The first-order chi connectivity index (χ1) is 20.5. The smallest absolute Gasteiger partial charge is 0.200 e. The van der Waals surface area contributed by atoms with Crippen LogP contribution in [-0.4, -0.2) is 0 Å². The molecule has 0 saturated carbocycles. The molecule has 0 aliphatic carbocycles. The van der Waals surface area contributed by atoms with Crippen LogP contribution in [0.5, 0.6) is 0 Å². The largest absolute Gasteiger partial charge is 0.206 e. The van der Waals surface area contributed by atoms with Gasteiger partial charge in [-0.1, -0.05) is 6.92 Å². The van der Waals surface area contributed by atoms with Crippen LogP contribution in [0.3, 0.4) is 0 Å². The Balaban J connectivity index is 1.28. The van der Waals surface area contributed by atoms with Gasteiger partial charge >= 0.3 is 0 Å². The van der Waals surface area contributed by atoms with Crippen molar-refractivity contribution in [3.8, 4) is 50.1 Å². The molecule has 43 heavy (non-hydrogen) atoms. The van der Waals surface area contributed by atoms with E-state index in [9.17, 15) is 39.5 Å². The lowest BCUT2D eigenvalue weighted by molar-refractivity contribution is 0.381. The molecule has 0 aliphatic heterocycles. The van der Waals surface area contributed by atoms with E-state index in [1.54, 1.807) is 18.2 Å². The van der Waals surface area contributed by atoms with Crippen molar-refractivity contribution in [1.82, 2.24) is 0 Å². The summed E-state index contributed by atoms with van der Waals surface area (Å²) in [5, 5.41) is 0. The minimum absolute atomic E-state index is 0.106. The average Bonchev–Trinajstić information content (AvgIpc) is 3.81. The van der Waals surface area contributed by atoms with Gasteiger partial charge < -0.3 is 0 Å². The van der Waals surface area contributed by atoms with Crippen molar-refractivity contribution in [2.75, 3.05) is 0 Å². The molecule has 6 aromatic rings. The normalized spacial score (nSPS) is 11.6. The number of hydrogen-bond acceptors (Lipinski definition) is 4. The second-order valence-electron chi connectivity index (χ2n) is 9.06. The zero-order valence-corrected chi connectivity index (χ0v) is 24.6. The molecule has 4 aromatic heterocycles. The molecule has 0 nitrogen and oxygen atoms in total. The van der Waals surface area contributed by atoms with E-state index in [0.29, 0.717) is 14.6 Å². The summed E-state index contributed by atoms with van der Waals surface area (Å²) >= 11 is 4.61. The van der Waals surface area contributed by atoms with E-state index in [1.165, 1.54) is 47.8 Å². The van der Waals surface area contributed by atoms with Crippen LogP contribution in [0, 0.1) is 52.4 Å². The number of hydrogen-bond donors (Lipinski definition) is 0. The SMILES string of the molecule is CCc1c(F)c(F)c(F)c(-c2ccc(-c3ccc(-c4ccc(-c5ccc(-c6c(F)c(F)c(F)c(F)c6F)s5)s4)s3)s2)c1F. The minimum Gasteiger partial charge on any atom is -0.206 e. The van der Waals surface area contributed by atoms with Crippen LogP contribution in [0.4, 0.5) is 39.5 Å². The lowest BCUT2D eigenvalue weighted by atomic mass is 10.0. The maximum Gasteiger partial charge on any atom is 0.200 e. The molecular formula is C30H13F9S4. The van der Waals surface area contributed by atoms with Gasteiger partial charge in [-0.3, -0.25) is 0 Å². The Kier molecular flexibility index (Phi) is 7.78. The lowest BCUT2D eigenvalue weighted by Crippen LogP contribution is -2.04. The van der Waals surface area contributed by atoms with Gasteiger partial charge in [0.1, 0.15) is 5.82 Å². The third-order valence-electron chi connectivity index (χ3n) is 6.56. The van der Waals surface area contributed by atoms with Gasteiger partial charge in [0.2, 0.25) is 5.82 Å². The summed E-state index contributed by atoms with van der Waals surface area (Å²) < 4.78 is 127. The molecule has 0 fully saturated rings. The quantitative estimate of drug-likeness (QED) is 0.0939. The first kappa shape index (κ1) is 29.7. The van der Waals surface area contributed by atoms with Crippen molar-refractivity contribution < 1.29 is 39.5 Å². The molecule has 0 N–H and O–H groups in total. The van der Waals surface area contributed by atoms with E-state index in [2.05, 4.69) is 0 Å². The fourth-order valence-corrected chi connectivity index (χ4v) is 8.81. The molecule has 0 aliphatic rings. The van der Waals surface area contributed by atoms with Crippen LogP contribution in [0.1, 0.15) is 12.5 Å². The Morgan fingerprint density at radius 2 is 0.605 bits per heavy atom. The number of halogens is 9. The first-order valence-electron chi connectivity index (χ1n) is 12.3. The summed E-state index contributed by atoms with van der Waals surface area (Å²) in [5.74, 6) is -16.0. The summed E-state index contributed by atoms with van der Waals surface area (Å²) in [6.07, 6.45) is -0.152. The van der Waals surface area contributed by atoms with E-state index in [4.69, 9.17) is 0 Å².